The summed E-state index contributed by atoms with van der Waals surface area (Å²) in [6.45, 7) is 6.86. The van der Waals surface area contributed by atoms with Gasteiger partial charge >= 0.3 is 0 Å². The maximum atomic E-state index is 4.55. The second-order valence-corrected chi connectivity index (χ2v) is 6.23. The minimum atomic E-state index is 0.719. The van der Waals surface area contributed by atoms with Gasteiger partial charge in [-0.25, -0.2) is 0 Å². The Kier molecular flexibility index (Phi) is 4.53. The summed E-state index contributed by atoms with van der Waals surface area (Å²) < 4.78 is 0. The van der Waals surface area contributed by atoms with Gasteiger partial charge in [0.1, 0.15) is 0 Å². The molecule has 92 valence electrons. The van der Waals surface area contributed by atoms with E-state index >= 15 is 0 Å². The van der Waals surface area contributed by atoms with E-state index in [9.17, 15) is 0 Å². The lowest BCUT2D eigenvalue weighted by Gasteiger charge is -2.29. The van der Waals surface area contributed by atoms with Crippen molar-refractivity contribution in [3.63, 3.8) is 0 Å². The molecule has 2 aliphatic heterocycles. The van der Waals surface area contributed by atoms with Crippen LogP contribution in [0.25, 0.3) is 0 Å². The van der Waals surface area contributed by atoms with Crippen LogP contribution in [0.1, 0.15) is 26.2 Å². The number of nitrogens with one attached hydrogen (secondary N) is 1. The molecule has 0 spiro atoms. The quantitative estimate of drug-likeness (QED) is 0.816. The molecule has 4 heteroatoms. The van der Waals surface area contributed by atoms with Crippen LogP contribution in [0.15, 0.2) is 4.99 Å². The molecule has 0 bridgehead atoms. The fourth-order valence-corrected chi connectivity index (χ4v) is 3.35. The Bertz CT molecular complexity index is 255. The Morgan fingerprint density at radius 1 is 1.56 bits per heavy atom. The molecule has 0 aliphatic carbocycles. The molecular formula is C12H23N3S. The number of piperidine rings is 1. The van der Waals surface area contributed by atoms with E-state index < -0.39 is 0 Å². The second-order valence-electron chi connectivity index (χ2n) is 4.95. The molecule has 2 unspecified atom stereocenters. The normalized spacial score (nSPS) is 31.5. The van der Waals surface area contributed by atoms with Gasteiger partial charge in [-0.1, -0.05) is 18.7 Å². The number of rotatable bonds is 3. The maximum Gasteiger partial charge on any atom is 0.156 e. The minimum absolute atomic E-state index is 0.719. The van der Waals surface area contributed by atoms with Crippen LogP contribution in [0.5, 0.6) is 0 Å². The van der Waals surface area contributed by atoms with E-state index in [1.165, 1.54) is 37.5 Å². The summed E-state index contributed by atoms with van der Waals surface area (Å²) in [6.07, 6.45) is 3.94. The summed E-state index contributed by atoms with van der Waals surface area (Å²) in [7, 11) is 2.22. The Hall–Kier alpha value is -0.220. The van der Waals surface area contributed by atoms with Crippen LogP contribution >= 0.6 is 11.8 Å². The fraction of sp³-hybridized carbons (Fsp3) is 0.917. The van der Waals surface area contributed by atoms with Crippen molar-refractivity contribution in [2.24, 2.45) is 10.9 Å². The Morgan fingerprint density at radius 2 is 2.44 bits per heavy atom. The fourth-order valence-electron chi connectivity index (χ4n) is 2.40. The summed E-state index contributed by atoms with van der Waals surface area (Å²) in [5, 5.41) is 5.42. The van der Waals surface area contributed by atoms with E-state index in [0.717, 1.165) is 24.3 Å². The summed E-state index contributed by atoms with van der Waals surface area (Å²) in [5.41, 5.74) is 0. The van der Waals surface area contributed by atoms with Gasteiger partial charge in [-0.15, -0.1) is 0 Å². The van der Waals surface area contributed by atoms with Crippen LogP contribution in [0.4, 0.5) is 0 Å². The van der Waals surface area contributed by atoms with Gasteiger partial charge in [-0.05, 0) is 38.8 Å². The van der Waals surface area contributed by atoms with Crippen LogP contribution in [0.3, 0.4) is 0 Å². The van der Waals surface area contributed by atoms with Crippen LogP contribution in [-0.2, 0) is 0 Å². The molecule has 16 heavy (non-hydrogen) atoms. The number of aliphatic imine (C=N–C) groups is 1. The molecule has 1 N–H and O–H groups in total. The number of amidine groups is 1. The second kappa shape index (κ2) is 5.92. The van der Waals surface area contributed by atoms with Crippen molar-refractivity contribution in [1.82, 2.24) is 10.2 Å². The van der Waals surface area contributed by atoms with E-state index in [1.807, 2.05) is 11.8 Å². The van der Waals surface area contributed by atoms with Crippen LogP contribution < -0.4 is 5.32 Å². The first-order valence-electron chi connectivity index (χ1n) is 6.41. The number of hydrogen-bond donors (Lipinski definition) is 1. The van der Waals surface area contributed by atoms with Gasteiger partial charge in [0.15, 0.2) is 5.17 Å². The first kappa shape index (κ1) is 12.2. The smallest absolute Gasteiger partial charge is 0.156 e. The first-order valence-corrected chi connectivity index (χ1v) is 7.29. The van der Waals surface area contributed by atoms with E-state index in [1.54, 1.807) is 0 Å². The zero-order chi connectivity index (χ0) is 11.4. The average molecular weight is 241 g/mol. The van der Waals surface area contributed by atoms with Gasteiger partial charge in [-0.3, -0.25) is 4.99 Å². The van der Waals surface area contributed by atoms with Crippen molar-refractivity contribution in [3.05, 3.63) is 0 Å². The Morgan fingerprint density at radius 3 is 3.12 bits per heavy atom. The highest BCUT2D eigenvalue weighted by Crippen LogP contribution is 2.22. The Labute approximate surface area is 103 Å². The molecule has 3 nitrogen and oxygen atoms in total. The van der Waals surface area contributed by atoms with Gasteiger partial charge in [-0.2, -0.15) is 0 Å². The molecular weight excluding hydrogens is 218 g/mol. The molecule has 0 aromatic heterocycles. The minimum Gasteiger partial charge on any atom is -0.365 e. The van der Waals surface area contributed by atoms with E-state index in [2.05, 4.69) is 29.2 Å². The summed E-state index contributed by atoms with van der Waals surface area (Å²) >= 11 is 1.93. The summed E-state index contributed by atoms with van der Waals surface area (Å²) in [5.74, 6) is 0.808. The standard InChI is InChI=1S/C12H23N3S/c1-3-11-8-14-12(16-11)13-7-10-5-4-6-15(2)9-10/h10-11H,3-9H2,1-2H3,(H,13,14). The number of likely N-dealkylation sites (tertiary alicyclic amines) is 1. The number of hydrogen-bond acceptors (Lipinski definition) is 4. The van der Waals surface area contributed by atoms with Gasteiger partial charge in [0, 0.05) is 18.3 Å². The van der Waals surface area contributed by atoms with Gasteiger partial charge in [0.05, 0.1) is 6.54 Å². The van der Waals surface area contributed by atoms with Gasteiger partial charge in [0.25, 0.3) is 0 Å². The third kappa shape index (κ3) is 3.39. The van der Waals surface area contributed by atoms with Gasteiger partial charge in [0.2, 0.25) is 0 Å². The van der Waals surface area contributed by atoms with Crippen molar-refractivity contribution in [2.45, 2.75) is 31.4 Å². The molecule has 2 heterocycles. The molecule has 0 aromatic carbocycles. The molecule has 2 aliphatic rings. The highest BCUT2D eigenvalue weighted by molar-refractivity contribution is 8.14. The average Bonchev–Trinajstić information content (AvgIpc) is 2.74. The van der Waals surface area contributed by atoms with Crippen molar-refractivity contribution in [3.8, 4) is 0 Å². The third-order valence-electron chi connectivity index (χ3n) is 3.44. The number of nitrogens with zero attached hydrogens (tertiary/aromatic N) is 2. The van der Waals surface area contributed by atoms with Gasteiger partial charge < -0.3 is 10.2 Å². The monoisotopic (exact) mass is 241 g/mol. The zero-order valence-electron chi connectivity index (χ0n) is 10.4. The summed E-state index contributed by atoms with van der Waals surface area (Å²) in [4.78, 5) is 6.99. The highest BCUT2D eigenvalue weighted by atomic mass is 32.2. The topological polar surface area (TPSA) is 27.6 Å². The van der Waals surface area contributed by atoms with E-state index in [0.29, 0.717) is 0 Å². The molecule has 2 atom stereocenters. The highest BCUT2D eigenvalue weighted by Gasteiger charge is 2.20. The van der Waals surface area contributed by atoms with Crippen LogP contribution in [0, 0.1) is 5.92 Å². The third-order valence-corrected chi connectivity index (χ3v) is 4.75. The largest absolute Gasteiger partial charge is 0.365 e. The lowest BCUT2D eigenvalue weighted by molar-refractivity contribution is 0.211. The van der Waals surface area contributed by atoms with E-state index in [-0.39, 0.29) is 0 Å². The molecule has 1 saturated heterocycles. The SMILES string of the molecule is CCC1CN=C(NCC2CCCN(C)C2)S1. The zero-order valence-corrected chi connectivity index (χ0v) is 11.2. The molecule has 0 amide bonds. The predicted molar refractivity (Wildman–Crippen MR) is 72.2 cm³/mol. The molecule has 0 aromatic rings. The molecule has 0 radical (unpaired) electrons. The van der Waals surface area contributed by atoms with E-state index in [4.69, 9.17) is 0 Å². The molecule has 2 rings (SSSR count). The number of thioether (sulfide) groups is 1. The van der Waals surface area contributed by atoms with Crippen molar-refractivity contribution >= 4 is 16.9 Å². The predicted octanol–water partition coefficient (Wildman–Crippen LogP) is 1.80. The summed E-state index contributed by atoms with van der Waals surface area (Å²) in [6, 6.07) is 0. The molecule has 0 saturated carbocycles. The first-order chi connectivity index (χ1) is 7.78. The van der Waals surface area contributed by atoms with Crippen molar-refractivity contribution < 1.29 is 0 Å². The Balaban J connectivity index is 1.67. The maximum absolute atomic E-state index is 4.55. The molecule has 1 fully saturated rings. The lowest BCUT2D eigenvalue weighted by Crippen LogP contribution is -2.38. The lowest BCUT2D eigenvalue weighted by atomic mass is 9.99. The van der Waals surface area contributed by atoms with Crippen LogP contribution in [0.2, 0.25) is 0 Å². The van der Waals surface area contributed by atoms with Crippen molar-refractivity contribution in [2.75, 3.05) is 33.2 Å². The van der Waals surface area contributed by atoms with Crippen LogP contribution in [-0.4, -0.2) is 48.5 Å². The van der Waals surface area contributed by atoms with Crippen molar-refractivity contribution in [1.29, 1.82) is 0 Å².